The topological polar surface area (TPSA) is 88.6 Å². The first kappa shape index (κ1) is 23.0. The molecule has 2 heterocycles. The van der Waals surface area contributed by atoms with Gasteiger partial charge in [-0.3, -0.25) is 9.10 Å². The van der Waals surface area contributed by atoms with E-state index in [-0.39, 0.29) is 16.7 Å². The maximum absolute atomic E-state index is 12.6. The van der Waals surface area contributed by atoms with Crippen LogP contribution in [0.3, 0.4) is 0 Å². The monoisotopic (exact) mass is 499 g/mol. The van der Waals surface area contributed by atoms with E-state index in [1.165, 1.54) is 22.7 Å². The molecule has 2 aromatic heterocycles. The number of ether oxygens (including phenoxy) is 1. The van der Waals surface area contributed by atoms with Crippen LogP contribution in [0, 0.1) is 6.92 Å². The third kappa shape index (κ3) is 5.41. The Bertz CT molecular complexity index is 1350. The molecule has 0 aliphatic rings. The van der Waals surface area contributed by atoms with Gasteiger partial charge in [0.2, 0.25) is 0 Å². The molecule has 10 heteroatoms. The fraction of sp³-hybridized carbons (Fsp3) is 0.130. The summed E-state index contributed by atoms with van der Waals surface area (Å²) >= 11 is 2.74. The van der Waals surface area contributed by atoms with E-state index >= 15 is 0 Å². The summed E-state index contributed by atoms with van der Waals surface area (Å²) in [5.41, 5.74) is 2.95. The summed E-state index contributed by atoms with van der Waals surface area (Å²) in [5, 5.41) is 7.50. The molecule has 33 heavy (non-hydrogen) atoms. The van der Waals surface area contributed by atoms with E-state index in [0.717, 1.165) is 16.3 Å². The number of hydrogen-bond acceptors (Lipinski definition) is 7. The van der Waals surface area contributed by atoms with Crippen molar-refractivity contribution < 1.29 is 17.9 Å². The van der Waals surface area contributed by atoms with Gasteiger partial charge in [-0.05, 0) is 54.8 Å². The van der Waals surface area contributed by atoms with Crippen molar-refractivity contribution in [3.8, 4) is 17.0 Å². The minimum atomic E-state index is -3.60. The van der Waals surface area contributed by atoms with E-state index in [4.69, 9.17) is 4.74 Å². The highest BCUT2D eigenvalue weighted by Crippen LogP contribution is 2.27. The second-order valence-electron chi connectivity index (χ2n) is 7.07. The van der Waals surface area contributed by atoms with Gasteiger partial charge < -0.3 is 10.1 Å². The first-order valence-electron chi connectivity index (χ1n) is 9.90. The molecule has 0 atom stereocenters. The molecular formula is C23H21N3O4S3. The normalized spacial score (nSPS) is 11.2. The third-order valence-corrected chi connectivity index (χ3v) is 8.67. The lowest BCUT2D eigenvalue weighted by molar-refractivity contribution is -0.118. The Morgan fingerprint density at radius 1 is 1.09 bits per heavy atom. The van der Waals surface area contributed by atoms with E-state index in [0.29, 0.717) is 17.1 Å². The zero-order valence-electron chi connectivity index (χ0n) is 17.9. The van der Waals surface area contributed by atoms with E-state index in [1.807, 2.05) is 30.5 Å². The summed E-state index contributed by atoms with van der Waals surface area (Å²) in [4.78, 5) is 16.8. The van der Waals surface area contributed by atoms with E-state index in [9.17, 15) is 13.2 Å². The minimum Gasteiger partial charge on any atom is -0.484 e. The number of aryl methyl sites for hydroxylation is 1. The smallest absolute Gasteiger partial charge is 0.273 e. The number of anilines is 2. The maximum atomic E-state index is 12.6. The van der Waals surface area contributed by atoms with Crippen LogP contribution < -0.4 is 14.4 Å². The standard InChI is InChI=1S/C23H21N3O4S3/c1-16-24-21(15-32-16)17-5-3-6-18(13-17)25-22(27)14-30-20-10-8-19(9-11-20)26(2)33(28,29)23-7-4-12-31-23/h3-13,15H,14H2,1-2H3,(H,25,27). The van der Waals surface area contributed by atoms with Crippen molar-refractivity contribution in [2.75, 3.05) is 23.3 Å². The fourth-order valence-corrected chi connectivity index (χ4v) is 6.01. The minimum absolute atomic E-state index is 0.178. The van der Waals surface area contributed by atoms with Crippen LogP contribution in [0.1, 0.15) is 5.01 Å². The number of aromatic nitrogens is 1. The number of thiophene rings is 1. The number of hydrogen-bond donors (Lipinski definition) is 1. The Morgan fingerprint density at radius 3 is 2.55 bits per heavy atom. The predicted octanol–water partition coefficient (Wildman–Crippen LogP) is 5.02. The van der Waals surface area contributed by atoms with E-state index in [1.54, 1.807) is 59.2 Å². The van der Waals surface area contributed by atoms with Crippen molar-refractivity contribution in [1.82, 2.24) is 4.98 Å². The lowest BCUT2D eigenvalue weighted by atomic mass is 10.1. The zero-order valence-corrected chi connectivity index (χ0v) is 20.3. The highest BCUT2D eigenvalue weighted by molar-refractivity contribution is 7.94. The van der Waals surface area contributed by atoms with Crippen LogP contribution in [0.15, 0.2) is 75.6 Å². The van der Waals surface area contributed by atoms with Crippen molar-refractivity contribution in [1.29, 1.82) is 0 Å². The van der Waals surface area contributed by atoms with Crippen LogP contribution in [0.4, 0.5) is 11.4 Å². The molecule has 170 valence electrons. The predicted molar refractivity (Wildman–Crippen MR) is 133 cm³/mol. The van der Waals surface area contributed by atoms with Gasteiger partial charge in [0.25, 0.3) is 15.9 Å². The molecule has 0 saturated carbocycles. The first-order chi connectivity index (χ1) is 15.8. The molecule has 1 amide bonds. The number of amides is 1. The van der Waals surface area contributed by atoms with Gasteiger partial charge >= 0.3 is 0 Å². The average molecular weight is 500 g/mol. The van der Waals surface area contributed by atoms with Crippen molar-refractivity contribution in [2.45, 2.75) is 11.1 Å². The first-order valence-corrected chi connectivity index (χ1v) is 13.1. The summed E-state index contributed by atoms with van der Waals surface area (Å²) in [6.45, 7) is 1.77. The van der Waals surface area contributed by atoms with Gasteiger partial charge in [0.1, 0.15) is 9.96 Å². The summed E-state index contributed by atoms with van der Waals surface area (Å²) in [5.74, 6) is 0.158. The SMILES string of the molecule is Cc1nc(-c2cccc(NC(=O)COc3ccc(N(C)S(=O)(=O)c4cccs4)cc3)c2)cs1. The highest BCUT2D eigenvalue weighted by Gasteiger charge is 2.22. The second kappa shape index (κ2) is 9.74. The number of nitrogens with one attached hydrogen (secondary N) is 1. The van der Waals surface area contributed by atoms with Gasteiger partial charge in [-0.15, -0.1) is 22.7 Å². The summed E-state index contributed by atoms with van der Waals surface area (Å²) in [7, 11) is -2.10. The van der Waals surface area contributed by atoms with Gasteiger partial charge in [0.15, 0.2) is 6.61 Å². The number of thiazole rings is 1. The Hall–Kier alpha value is -3.21. The Morgan fingerprint density at radius 2 is 1.88 bits per heavy atom. The molecule has 1 N–H and O–H groups in total. The quantitative estimate of drug-likeness (QED) is 0.368. The average Bonchev–Trinajstić information content (AvgIpc) is 3.50. The molecule has 0 spiro atoms. The molecule has 7 nitrogen and oxygen atoms in total. The molecule has 0 aliphatic heterocycles. The van der Waals surface area contributed by atoms with E-state index in [2.05, 4.69) is 10.3 Å². The molecule has 4 rings (SSSR count). The van der Waals surface area contributed by atoms with Crippen LogP contribution in [0.25, 0.3) is 11.3 Å². The van der Waals surface area contributed by atoms with Crippen LogP contribution in [0.5, 0.6) is 5.75 Å². The van der Waals surface area contributed by atoms with Gasteiger partial charge in [-0.1, -0.05) is 18.2 Å². The molecule has 0 fully saturated rings. The zero-order chi connectivity index (χ0) is 23.4. The Balaban J connectivity index is 1.34. The highest BCUT2D eigenvalue weighted by atomic mass is 32.2. The van der Waals surface area contributed by atoms with Crippen molar-refractivity contribution in [3.05, 3.63) is 76.4 Å². The summed E-state index contributed by atoms with van der Waals surface area (Å²) < 4.78 is 32.3. The van der Waals surface area contributed by atoms with Crippen molar-refractivity contribution in [2.24, 2.45) is 0 Å². The van der Waals surface area contributed by atoms with Gasteiger partial charge in [0, 0.05) is 23.7 Å². The van der Waals surface area contributed by atoms with Crippen molar-refractivity contribution in [3.63, 3.8) is 0 Å². The molecule has 0 radical (unpaired) electrons. The number of benzene rings is 2. The van der Waals surface area contributed by atoms with Crippen LogP contribution in [-0.4, -0.2) is 33.0 Å². The Labute approximate surface area is 200 Å². The molecule has 4 aromatic rings. The van der Waals surface area contributed by atoms with Crippen LogP contribution in [-0.2, 0) is 14.8 Å². The molecule has 0 unspecified atom stereocenters. The number of carbonyl (C=O) groups excluding carboxylic acids is 1. The molecule has 0 aliphatic carbocycles. The number of carbonyl (C=O) groups is 1. The largest absolute Gasteiger partial charge is 0.484 e. The second-order valence-corrected chi connectivity index (χ2v) is 11.3. The summed E-state index contributed by atoms with van der Waals surface area (Å²) in [6.07, 6.45) is 0. The maximum Gasteiger partial charge on any atom is 0.273 e. The fourth-order valence-electron chi connectivity index (χ4n) is 3.03. The molecular weight excluding hydrogens is 478 g/mol. The molecule has 0 saturated heterocycles. The van der Waals surface area contributed by atoms with Crippen LogP contribution >= 0.6 is 22.7 Å². The van der Waals surface area contributed by atoms with Gasteiger partial charge in [0.05, 0.1) is 16.4 Å². The number of sulfonamides is 1. The third-order valence-electron chi connectivity index (χ3n) is 4.74. The van der Waals surface area contributed by atoms with Crippen LogP contribution in [0.2, 0.25) is 0 Å². The summed E-state index contributed by atoms with van der Waals surface area (Å²) in [6, 6.07) is 17.3. The lowest BCUT2D eigenvalue weighted by Gasteiger charge is -2.18. The number of rotatable bonds is 8. The molecule has 0 bridgehead atoms. The lowest BCUT2D eigenvalue weighted by Crippen LogP contribution is -2.25. The molecule has 2 aromatic carbocycles. The Kier molecular flexibility index (Phi) is 6.77. The van der Waals surface area contributed by atoms with Gasteiger partial charge in [-0.25, -0.2) is 13.4 Å². The van der Waals surface area contributed by atoms with Gasteiger partial charge in [-0.2, -0.15) is 0 Å². The van der Waals surface area contributed by atoms with Crippen molar-refractivity contribution >= 4 is 50.0 Å². The number of nitrogens with zero attached hydrogens (tertiary/aromatic N) is 2. The van der Waals surface area contributed by atoms with E-state index < -0.39 is 10.0 Å².